The van der Waals surface area contributed by atoms with Crippen molar-refractivity contribution >= 4 is 45.4 Å². The molecule has 2 aromatic carbocycles. The summed E-state index contributed by atoms with van der Waals surface area (Å²) in [6.07, 6.45) is 0.567. The minimum Gasteiger partial charge on any atom is -0.491 e. The average molecular weight is 845 g/mol. The van der Waals surface area contributed by atoms with Gasteiger partial charge in [-0.3, -0.25) is 34.4 Å². The Morgan fingerprint density at radius 2 is 1.65 bits per heavy atom. The maximum Gasteiger partial charge on any atom is 0.437 e. The number of fused-ring (bicyclic) bond motifs is 4. The molecule has 6 aromatic rings. The molecule has 62 heavy (non-hydrogen) atoms. The number of pyridine rings is 3. The number of halogens is 3. The molecule has 1 atom stereocenters. The van der Waals surface area contributed by atoms with E-state index in [0.717, 1.165) is 37.8 Å². The van der Waals surface area contributed by atoms with Gasteiger partial charge in [-0.15, -0.1) is 0 Å². The van der Waals surface area contributed by atoms with Crippen molar-refractivity contribution < 1.29 is 51.3 Å². The van der Waals surface area contributed by atoms with Crippen molar-refractivity contribution in [3.8, 4) is 40.3 Å². The van der Waals surface area contributed by atoms with E-state index in [1.807, 2.05) is 31.4 Å². The Labute approximate surface area is 351 Å². The van der Waals surface area contributed by atoms with Gasteiger partial charge in [0.2, 0.25) is 17.7 Å². The zero-order chi connectivity index (χ0) is 43.1. The molecule has 3 aliphatic rings. The fourth-order valence-corrected chi connectivity index (χ4v) is 7.74. The topological polar surface area (TPSA) is 164 Å². The van der Waals surface area contributed by atoms with Crippen molar-refractivity contribution in [3.63, 3.8) is 0 Å². The second-order valence-corrected chi connectivity index (χ2v) is 14.9. The Morgan fingerprint density at radius 1 is 0.839 bits per heavy atom. The quantitative estimate of drug-likeness (QED) is 0.0919. The number of ether oxygens (including phenoxy) is 4. The summed E-state index contributed by atoms with van der Waals surface area (Å²) in [6, 6.07) is 17.7. The third-order valence-corrected chi connectivity index (χ3v) is 10.9. The number of hydrogen-bond donors (Lipinski definition) is 1. The number of benzene rings is 2. The molecule has 6 heterocycles. The highest BCUT2D eigenvalue weighted by Crippen LogP contribution is 2.38. The highest BCUT2D eigenvalue weighted by Gasteiger charge is 2.45. The summed E-state index contributed by atoms with van der Waals surface area (Å²) in [4.78, 5) is 63.0. The van der Waals surface area contributed by atoms with Gasteiger partial charge in [0, 0.05) is 72.8 Å². The maximum absolute atomic E-state index is 14.0. The van der Waals surface area contributed by atoms with Crippen LogP contribution in [-0.2, 0) is 27.5 Å². The monoisotopic (exact) mass is 844 g/mol. The van der Waals surface area contributed by atoms with Crippen LogP contribution >= 0.6 is 0 Å². The Hall–Kier alpha value is -7.32. The van der Waals surface area contributed by atoms with E-state index in [9.17, 15) is 32.3 Å². The third kappa shape index (κ3) is 7.87. The number of imide groups is 2. The predicted octanol–water partition coefficient (Wildman–Crippen LogP) is 6.04. The molecule has 4 aromatic heterocycles. The number of amides is 4. The summed E-state index contributed by atoms with van der Waals surface area (Å²) < 4.78 is 67.1. The van der Waals surface area contributed by atoms with E-state index in [2.05, 4.69) is 48.8 Å². The molecule has 9 rings (SSSR count). The summed E-state index contributed by atoms with van der Waals surface area (Å²) in [5, 5.41) is 4.34. The molecule has 1 unspecified atom stereocenters. The first-order valence-electron chi connectivity index (χ1n) is 19.7. The molecule has 1 N–H and O–H groups in total. The second kappa shape index (κ2) is 16.3. The van der Waals surface area contributed by atoms with Gasteiger partial charge < -0.3 is 23.5 Å². The maximum atomic E-state index is 14.0. The van der Waals surface area contributed by atoms with Crippen LogP contribution in [0.5, 0.6) is 17.4 Å². The number of nitrogens with one attached hydrogen (secondary N) is 1. The number of aryl methyl sites for hydroxylation is 1. The molecule has 314 valence electrons. The van der Waals surface area contributed by atoms with E-state index >= 15 is 0 Å². The first-order valence-corrected chi connectivity index (χ1v) is 19.7. The largest absolute Gasteiger partial charge is 0.491 e. The van der Waals surface area contributed by atoms with Crippen molar-refractivity contribution in [1.29, 1.82) is 0 Å². The van der Waals surface area contributed by atoms with E-state index in [0.29, 0.717) is 18.7 Å². The van der Waals surface area contributed by atoms with Gasteiger partial charge in [-0.2, -0.15) is 13.2 Å². The van der Waals surface area contributed by atoms with Gasteiger partial charge in [0.1, 0.15) is 42.9 Å². The summed E-state index contributed by atoms with van der Waals surface area (Å²) in [5.41, 5.74) is 2.95. The molecule has 17 heteroatoms. The lowest BCUT2D eigenvalue weighted by atomic mass is 9.92. The highest BCUT2D eigenvalue weighted by molar-refractivity contribution is 6.23. The Morgan fingerprint density at radius 3 is 2.44 bits per heavy atom. The van der Waals surface area contributed by atoms with Crippen LogP contribution in [0.4, 0.5) is 13.2 Å². The first kappa shape index (κ1) is 40.1. The number of carbonyl (C=O) groups excluding carboxylic acids is 4. The van der Waals surface area contributed by atoms with E-state index in [1.54, 1.807) is 18.5 Å². The molecule has 1 saturated heterocycles. The number of alkyl halides is 3. The molecule has 0 radical (unpaired) electrons. The fraction of sp³-hybridized carbons (Fsp3) is 0.267. The molecular weight excluding hydrogens is 810 g/mol. The van der Waals surface area contributed by atoms with Gasteiger partial charge in [-0.1, -0.05) is 18.1 Å². The van der Waals surface area contributed by atoms with Gasteiger partial charge in [-0.25, -0.2) is 9.97 Å². The van der Waals surface area contributed by atoms with Crippen LogP contribution in [0.2, 0.25) is 0 Å². The Kier molecular flexibility index (Phi) is 10.5. The normalized spacial score (nSPS) is 18.6. The molecule has 2 fully saturated rings. The van der Waals surface area contributed by atoms with Gasteiger partial charge >= 0.3 is 6.18 Å². The van der Waals surface area contributed by atoms with Crippen LogP contribution < -0.4 is 19.5 Å². The van der Waals surface area contributed by atoms with Gasteiger partial charge in [0.15, 0.2) is 11.4 Å². The number of piperidine rings is 1. The van der Waals surface area contributed by atoms with Crippen molar-refractivity contribution in [1.82, 2.24) is 29.7 Å². The van der Waals surface area contributed by atoms with Crippen molar-refractivity contribution in [2.75, 3.05) is 19.8 Å². The number of aromatic nitrogens is 4. The van der Waals surface area contributed by atoms with Crippen LogP contribution in [-0.4, -0.2) is 86.1 Å². The van der Waals surface area contributed by atoms with E-state index in [1.165, 1.54) is 30.3 Å². The van der Waals surface area contributed by atoms with E-state index in [-0.39, 0.29) is 61.3 Å². The number of nitrogens with zero attached hydrogens (tertiary/aromatic N) is 5. The number of hydrogen-bond acceptors (Lipinski definition) is 11. The van der Waals surface area contributed by atoms with Crippen LogP contribution in [0.25, 0.3) is 32.9 Å². The zero-order valence-electron chi connectivity index (χ0n) is 32.9. The zero-order valence-corrected chi connectivity index (χ0v) is 32.9. The molecule has 0 bridgehead atoms. The molecular formula is C45H35F3N6O8. The van der Waals surface area contributed by atoms with Crippen molar-refractivity contribution in [3.05, 3.63) is 108 Å². The van der Waals surface area contributed by atoms with Crippen molar-refractivity contribution in [2.24, 2.45) is 7.05 Å². The summed E-state index contributed by atoms with van der Waals surface area (Å²) in [6.45, 7) is -0.0623. The molecule has 2 aliphatic heterocycles. The predicted molar refractivity (Wildman–Crippen MR) is 215 cm³/mol. The van der Waals surface area contributed by atoms with Gasteiger partial charge in [-0.05, 0) is 66.4 Å². The summed E-state index contributed by atoms with van der Waals surface area (Å²) >= 11 is 0. The molecule has 1 aliphatic carbocycles. The number of rotatable bonds is 11. The Balaban J connectivity index is 0.733. The lowest BCUT2D eigenvalue weighted by Crippen LogP contribution is -2.54. The molecule has 1 saturated carbocycles. The summed E-state index contributed by atoms with van der Waals surface area (Å²) in [5.74, 6) is 3.03. The van der Waals surface area contributed by atoms with Crippen molar-refractivity contribution in [2.45, 2.75) is 50.1 Å². The first-order chi connectivity index (χ1) is 29.9. The fourth-order valence-electron chi connectivity index (χ4n) is 7.74. The minimum atomic E-state index is -4.79. The van der Waals surface area contributed by atoms with Crippen LogP contribution in [0.15, 0.2) is 85.3 Å². The van der Waals surface area contributed by atoms with Gasteiger partial charge in [0.25, 0.3) is 11.8 Å². The SMILES string of the molecule is Cn1c2ccncc2c2ccc(-c3ccc(O[C@H]4C[C@H](Oc5ccc(C#CCOCCOc6ccc7c(c6)C(=O)N(C6CCC(=O)NC6=O)C7=O)nc5C(F)(F)F)C4)nc3)cc21. The van der Waals surface area contributed by atoms with Crippen LogP contribution in [0.1, 0.15) is 57.8 Å². The highest BCUT2D eigenvalue weighted by atomic mass is 19.4. The number of carbonyl (C=O) groups is 4. The lowest BCUT2D eigenvalue weighted by molar-refractivity contribution is -0.143. The van der Waals surface area contributed by atoms with Crippen LogP contribution in [0, 0.1) is 11.8 Å². The molecule has 14 nitrogen and oxygen atoms in total. The standard InChI is InChI=1S/C45H35F3N6O8/c1-53-35-14-15-49-24-34(35)31-8-4-25(19-37(31)53)26-5-13-40(50-23-26)62-30-20-29(21-30)61-38-11-6-27(51-41(38)45(46,47)48)3-2-16-59-17-18-60-28-7-9-32-33(22-28)44(58)54(43(32)57)36-10-12-39(55)52-42(36)56/h4-9,11,13-15,19,22-24,29-30,36H,10,12,16-18,20-21H2,1H3,(H,52,55,56)/t29-,30-,36?. The summed E-state index contributed by atoms with van der Waals surface area (Å²) in [7, 11) is 2.02. The minimum absolute atomic E-state index is 0.00921. The second-order valence-electron chi connectivity index (χ2n) is 14.9. The Bertz CT molecular complexity index is 2840. The lowest BCUT2D eigenvalue weighted by Gasteiger charge is -2.35. The van der Waals surface area contributed by atoms with E-state index < -0.39 is 53.4 Å². The van der Waals surface area contributed by atoms with Gasteiger partial charge in [0.05, 0.1) is 23.3 Å². The van der Waals surface area contributed by atoms with E-state index in [4.69, 9.17) is 18.9 Å². The molecule has 0 spiro atoms. The van der Waals surface area contributed by atoms with Crippen LogP contribution in [0.3, 0.4) is 0 Å². The molecule has 4 amide bonds. The smallest absolute Gasteiger partial charge is 0.437 e. The third-order valence-electron chi connectivity index (χ3n) is 10.9. The average Bonchev–Trinajstić information content (AvgIpc) is 3.67.